The van der Waals surface area contributed by atoms with Crippen LogP contribution in [-0.2, 0) is 0 Å². The molecule has 3 rings (SSSR count). The maximum atomic E-state index is 12.1. The quantitative estimate of drug-likeness (QED) is 0.317. The van der Waals surface area contributed by atoms with E-state index in [1.54, 1.807) is 42.5 Å². The van der Waals surface area contributed by atoms with Crippen LogP contribution >= 0.6 is 11.6 Å². The van der Waals surface area contributed by atoms with Gasteiger partial charge in [0, 0.05) is 16.0 Å². The number of nitrogens with one attached hydrogen (secondary N) is 1. The first-order valence-corrected chi connectivity index (χ1v) is 7.87. The fourth-order valence-electron chi connectivity index (χ4n) is 2.25. The second-order valence-electron chi connectivity index (χ2n) is 5.30. The van der Waals surface area contributed by atoms with Gasteiger partial charge in [-0.3, -0.25) is 4.79 Å². The van der Waals surface area contributed by atoms with Gasteiger partial charge in [0.05, 0.1) is 7.11 Å². The van der Waals surface area contributed by atoms with Crippen molar-refractivity contribution in [1.29, 1.82) is 0 Å². The number of hydrogen-bond acceptors (Lipinski definition) is 5. The summed E-state index contributed by atoms with van der Waals surface area (Å²) in [6.45, 7) is 0. The number of halogens is 1. The molecule has 0 aliphatic rings. The molecule has 3 N–H and O–H groups in total. The van der Waals surface area contributed by atoms with Crippen molar-refractivity contribution in [3.63, 3.8) is 0 Å². The zero-order valence-corrected chi connectivity index (χ0v) is 14.4. The zero-order chi connectivity index (χ0) is 18.7. The Balaban J connectivity index is 1.84. The van der Waals surface area contributed by atoms with E-state index in [0.717, 1.165) is 0 Å². The first-order valence-electron chi connectivity index (χ1n) is 7.49. The van der Waals surface area contributed by atoms with Gasteiger partial charge < -0.3 is 14.9 Å². The average Bonchev–Trinajstić information content (AvgIpc) is 2.65. The second kappa shape index (κ2) is 7.28. The molecule has 0 saturated heterocycles. The largest absolute Gasteiger partial charge is 0.497 e. The number of fused-ring (bicyclic) bond motifs is 1. The standard InChI is InChI=1S/C18H14ClN3O4/c1-25-13-5-2-10(3-6-13)17(23)22-21-16(20)14-9-11-8-12(19)4-7-15(11)26-18(14)24/h2-9H,1H3,(H2,20,21)(H,22,23). The minimum Gasteiger partial charge on any atom is -0.497 e. The monoisotopic (exact) mass is 371 g/mol. The van der Waals surface area contributed by atoms with Crippen LogP contribution in [0.25, 0.3) is 11.0 Å². The number of carbonyl (C=O) groups is 1. The number of benzene rings is 2. The number of amides is 1. The lowest BCUT2D eigenvalue weighted by molar-refractivity contribution is 0.0954. The Labute approximate surface area is 153 Å². The molecule has 26 heavy (non-hydrogen) atoms. The topological polar surface area (TPSA) is 107 Å². The lowest BCUT2D eigenvalue weighted by atomic mass is 10.2. The summed E-state index contributed by atoms with van der Waals surface area (Å²) in [6.07, 6.45) is 0. The Morgan fingerprint density at radius 3 is 2.62 bits per heavy atom. The molecule has 1 amide bonds. The molecule has 0 aliphatic carbocycles. The van der Waals surface area contributed by atoms with Gasteiger partial charge in [-0.2, -0.15) is 5.10 Å². The number of hydrogen-bond donors (Lipinski definition) is 2. The van der Waals surface area contributed by atoms with Crippen molar-refractivity contribution in [3.05, 3.63) is 75.1 Å². The summed E-state index contributed by atoms with van der Waals surface area (Å²) in [6, 6.07) is 12.8. The van der Waals surface area contributed by atoms with Crippen LogP contribution in [0.15, 0.2) is 62.8 Å². The van der Waals surface area contributed by atoms with Gasteiger partial charge in [-0.05, 0) is 48.5 Å². The molecule has 3 aromatic rings. The Hall–Kier alpha value is -3.32. The van der Waals surface area contributed by atoms with Gasteiger partial charge in [-0.25, -0.2) is 10.2 Å². The summed E-state index contributed by atoms with van der Waals surface area (Å²) < 4.78 is 10.2. The highest BCUT2D eigenvalue weighted by Crippen LogP contribution is 2.18. The van der Waals surface area contributed by atoms with Crippen LogP contribution in [0.1, 0.15) is 15.9 Å². The average molecular weight is 372 g/mol. The second-order valence-corrected chi connectivity index (χ2v) is 5.73. The normalized spacial score (nSPS) is 11.4. The van der Waals surface area contributed by atoms with Gasteiger partial charge in [0.1, 0.15) is 16.9 Å². The molecule has 0 radical (unpaired) electrons. The molecule has 0 bridgehead atoms. The highest BCUT2D eigenvalue weighted by atomic mass is 35.5. The van der Waals surface area contributed by atoms with E-state index >= 15 is 0 Å². The predicted molar refractivity (Wildman–Crippen MR) is 98.7 cm³/mol. The molecular weight excluding hydrogens is 358 g/mol. The van der Waals surface area contributed by atoms with E-state index in [4.69, 9.17) is 26.5 Å². The third-order valence-corrected chi connectivity index (χ3v) is 3.84. The van der Waals surface area contributed by atoms with Crippen molar-refractivity contribution in [2.75, 3.05) is 7.11 Å². The zero-order valence-electron chi connectivity index (χ0n) is 13.7. The number of amidine groups is 1. The number of nitrogens with zero attached hydrogens (tertiary/aromatic N) is 1. The summed E-state index contributed by atoms with van der Waals surface area (Å²) in [7, 11) is 1.53. The molecule has 1 aromatic heterocycles. The Bertz CT molecular complexity index is 1060. The number of methoxy groups -OCH3 is 1. The van der Waals surface area contributed by atoms with E-state index in [-0.39, 0.29) is 11.4 Å². The first-order chi connectivity index (χ1) is 12.5. The maximum absolute atomic E-state index is 12.1. The van der Waals surface area contributed by atoms with E-state index in [2.05, 4.69) is 10.5 Å². The van der Waals surface area contributed by atoms with Gasteiger partial charge in [0.2, 0.25) is 0 Å². The predicted octanol–water partition coefficient (Wildman–Crippen LogP) is 2.51. The van der Waals surface area contributed by atoms with E-state index in [9.17, 15) is 9.59 Å². The molecule has 132 valence electrons. The Morgan fingerprint density at radius 2 is 1.92 bits per heavy atom. The first kappa shape index (κ1) is 17.5. The molecule has 0 fully saturated rings. The molecule has 7 nitrogen and oxygen atoms in total. The van der Waals surface area contributed by atoms with Gasteiger partial charge in [0.15, 0.2) is 5.84 Å². The van der Waals surface area contributed by atoms with Gasteiger partial charge >= 0.3 is 5.63 Å². The van der Waals surface area contributed by atoms with Crippen LogP contribution in [0.2, 0.25) is 5.02 Å². The van der Waals surface area contributed by atoms with Crippen molar-refractivity contribution in [2.24, 2.45) is 10.8 Å². The van der Waals surface area contributed by atoms with Crippen LogP contribution in [0.5, 0.6) is 5.75 Å². The van der Waals surface area contributed by atoms with Crippen molar-refractivity contribution < 1.29 is 13.9 Å². The molecule has 0 unspecified atom stereocenters. The number of rotatable bonds is 4. The molecule has 1 heterocycles. The molecule has 0 atom stereocenters. The van der Waals surface area contributed by atoms with Gasteiger partial charge in [0.25, 0.3) is 5.91 Å². The van der Waals surface area contributed by atoms with E-state index in [1.807, 2.05) is 0 Å². The number of carbonyl (C=O) groups excluding carboxylic acids is 1. The highest BCUT2D eigenvalue weighted by molar-refractivity contribution is 6.31. The lowest BCUT2D eigenvalue weighted by Gasteiger charge is -2.04. The van der Waals surface area contributed by atoms with Crippen molar-refractivity contribution in [1.82, 2.24) is 5.43 Å². The van der Waals surface area contributed by atoms with Crippen molar-refractivity contribution in [2.45, 2.75) is 0 Å². The van der Waals surface area contributed by atoms with Crippen LogP contribution in [-0.4, -0.2) is 18.9 Å². The number of nitrogens with two attached hydrogens (primary N) is 1. The molecule has 0 saturated carbocycles. The smallest absolute Gasteiger partial charge is 0.347 e. The minimum atomic E-state index is -0.667. The Kier molecular flexibility index (Phi) is 4.90. The molecule has 0 spiro atoms. The van der Waals surface area contributed by atoms with Crippen molar-refractivity contribution in [3.8, 4) is 5.75 Å². The SMILES string of the molecule is COc1ccc(C(=O)N/N=C(\N)c2cc3cc(Cl)ccc3oc2=O)cc1. The van der Waals surface area contributed by atoms with Crippen LogP contribution in [0, 0.1) is 0 Å². The third-order valence-electron chi connectivity index (χ3n) is 3.60. The lowest BCUT2D eigenvalue weighted by Crippen LogP contribution is -2.27. The molecular formula is C18H14ClN3O4. The summed E-state index contributed by atoms with van der Waals surface area (Å²) in [5, 5.41) is 4.85. The number of ether oxygens (including phenoxy) is 1. The fourth-order valence-corrected chi connectivity index (χ4v) is 2.43. The summed E-state index contributed by atoms with van der Waals surface area (Å²) in [5.74, 6) is -0.0386. The Morgan fingerprint density at radius 1 is 1.19 bits per heavy atom. The molecule has 8 heteroatoms. The van der Waals surface area contributed by atoms with E-state index < -0.39 is 11.5 Å². The van der Waals surface area contributed by atoms with Crippen LogP contribution < -0.4 is 21.5 Å². The minimum absolute atomic E-state index is 0.0230. The fraction of sp³-hybridized carbons (Fsp3) is 0.0556. The maximum Gasteiger partial charge on any atom is 0.347 e. The van der Waals surface area contributed by atoms with Crippen LogP contribution in [0.3, 0.4) is 0 Å². The highest BCUT2D eigenvalue weighted by Gasteiger charge is 2.11. The van der Waals surface area contributed by atoms with Crippen molar-refractivity contribution >= 4 is 34.3 Å². The summed E-state index contributed by atoms with van der Waals surface area (Å²) in [5.41, 5.74) is 8.21. The van der Waals surface area contributed by atoms with Gasteiger partial charge in [-0.15, -0.1) is 0 Å². The summed E-state index contributed by atoms with van der Waals surface area (Å²) >= 11 is 5.94. The van der Waals surface area contributed by atoms with Crippen LogP contribution in [0.4, 0.5) is 0 Å². The van der Waals surface area contributed by atoms with Gasteiger partial charge in [-0.1, -0.05) is 11.6 Å². The number of hydrazone groups is 1. The molecule has 0 aliphatic heterocycles. The third kappa shape index (κ3) is 3.68. The van der Waals surface area contributed by atoms with E-state index in [1.165, 1.54) is 13.2 Å². The molecule has 2 aromatic carbocycles. The summed E-state index contributed by atoms with van der Waals surface area (Å²) in [4.78, 5) is 24.1. The van der Waals surface area contributed by atoms with E-state index in [0.29, 0.717) is 27.3 Å².